The lowest BCUT2D eigenvalue weighted by Gasteiger charge is -2.30. The number of hydrogen-bond acceptors (Lipinski definition) is 2. The van der Waals surface area contributed by atoms with Crippen LogP contribution in [0, 0.1) is 5.92 Å². The zero-order chi connectivity index (χ0) is 12.5. The van der Waals surface area contributed by atoms with Crippen LogP contribution in [0.3, 0.4) is 0 Å². The van der Waals surface area contributed by atoms with Crippen LogP contribution < -0.4 is 0 Å². The number of nitrogens with zero attached hydrogens (tertiary/aromatic N) is 2. The molecule has 2 unspecified atom stereocenters. The third kappa shape index (κ3) is 2.17. The van der Waals surface area contributed by atoms with E-state index in [4.69, 9.17) is 0 Å². The van der Waals surface area contributed by atoms with E-state index in [-0.39, 0.29) is 0 Å². The Kier molecular flexibility index (Phi) is 3.93. The van der Waals surface area contributed by atoms with E-state index in [2.05, 4.69) is 34.9 Å². The maximum Gasteiger partial charge on any atom is 0.110 e. The first-order chi connectivity index (χ1) is 8.13. The van der Waals surface area contributed by atoms with Gasteiger partial charge in [-0.15, -0.1) is 0 Å². The molecule has 4 heteroatoms. The van der Waals surface area contributed by atoms with Crippen LogP contribution in [0.1, 0.15) is 51.6 Å². The number of hydrogen-bond donors (Lipinski definition) is 1. The van der Waals surface area contributed by atoms with E-state index in [0.29, 0.717) is 5.92 Å². The van der Waals surface area contributed by atoms with Crippen molar-refractivity contribution in [2.45, 2.75) is 58.1 Å². The summed E-state index contributed by atoms with van der Waals surface area (Å²) < 4.78 is 2.92. The standard InChI is InChI=1S/C13H21BrN2O/c1-3-8-16-12(11(14)9-15-16)13(17)7-5-6-10(13)4-2/h9-10,17H,3-8H2,1-2H3. The Hall–Kier alpha value is -0.350. The number of rotatable bonds is 4. The molecule has 0 aliphatic heterocycles. The van der Waals surface area contributed by atoms with Gasteiger partial charge in [0.1, 0.15) is 5.60 Å². The van der Waals surface area contributed by atoms with Gasteiger partial charge in [-0.2, -0.15) is 5.10 Å². The Bertz CT molecular complexity index is 391. The molecule has 1 N–H and O–H groups in total. The van der Waals surface area contributed by atoms with Crippen molar-refractivity contribution in [2.75, 3.05) is 0 Å². The Morgan fingerprint density at radius 2 is 2.35 bits per heavy atom. The summed E-state index contributed by atoms with van der Waals surface area (Å²) in [5.74, 6) is 0.367. The summed E-state index contributed by atoms with van der Waals surface area (Å²) in [6.07, 6.45) is 6.97. The van der Waals surface area contributed by atoms with Gasteiger partial charge in [-0.3, -0.25) is 4.68 Å². The fourth-order valence-corrected chi connectivity index (χ4v) is 3.73. The third-order valence-electron chi connectivity index (χ3n) is 3.92. The summed E-state index contributed by atoms with van der Waals surface area (Å²) in [6.45, 7) is 5.17. The van der Waals surface area contributed by atoms with Crippen LogP contribution in [0.4, 0.5) is 0 Å². The fraction of sp³-hybridized carbons (Fsp3) is 0.769. The van der Waals surface area contributed by atoms with Crippen molar-refractivity contribution in [1.29, 1.82) is 0 Å². The number of aryl methyl sites for hydroxylation is 1. The Morgan fingerprint density at radius 3 is 3.00 bits per heavy atom. The van der Waals surface area contributed by atoms with Gasteiger partial charge in [-0.1, -0.05) is 20.3 Å². The predicted octanol–water partition coefficient (Wildman–Crippen LogP) is 3.45. The summed E-state index contributed by atoms with van der Waals surface area (Å²) >= 11 is 3.55. The van der Waals surface area contributed by atoms with Gasteiger partial charge in [0.2, 0.25) is 0 Å². The van der Waals surface area contributed by atoms with E-state index in [9.17, 15) is 5.11 Å². The van der Waals surface area contributed by atoms with E-state index in [0.717, 1.165) is 48.8 Å². The highest BCUT2D eigenvalue weighted by atomic mass is 79.9. The molecule has 1 aromatic heterocycles. The Morgan fingerprint density at radius 1 is 1.59 bits per heavy atom. The van der Waals surface area contributed by atoms with Gasteiger partial charge in [0.15, 0.2) is 0 Å². The van der Waals surface area contributed by atoms with Crippen molar-refractivity contribution in [3.05, 3.63) is 16.4 Å². The van der Waals surface area contributed by atoms with Crippen LogP contribution in [0.15, 0.2) is 10.7 Å². The van der Waals surface area contributed by atoms with Crippen LogP contribution >= 0.6 is 15.9 Å². The van der Waals surface area contributed by atoms with Gasteiger partial charge < -0.3 is 5.11 Å². The van der Waals surface area contributed by atoms with Crippen molar-refractivity contribution in [1.82, 2.24) is 9.78 Å². The molecule has 1 heterocycles. The monoisotopic (exact) mass is 300 g/mol. The number of aromatic nitrogens is 2. The first-order valence-electron chi connectivity index (χ1n) is 6.57. The van der Waals surface area contributed by atoms with Crippen LogP contribution in [-0.4, -0.2) is 14.9 Å². The normalized spacial score (nSPS) is 28.8. The van der Waals surface area contributed by atoms with Crippen molar-refractivity contribution < 1.29 is 5.11 Å². The molecule has 0 amide bonds. The zero-order valence-corrected chi connectivity index (χ0v) is 12.2. The average molecular weight is 301 g/mol. The second-order valence-electron chi connectivity index (χ2n) is 4.99. The van der Waals surface area contributed by atoms with Crippen molar-refractivity contribution in [2.24, 2.45) is 5.92 Å². The predicted molar refractivity (Wildman–Crippen MR) is 71.7 cm³/mol. The van der Waals surface area contributed by atoms with E-state index >= 15 is 0 Å². The maximum atomic E-state index is 11.0. The summed E-state index contributed by atoms with van der Waals surface area (Å²) in [7, 11) is 0. The molecule has 1 aliphatic rings. The molecule has 17 heavy (non-hydrogen) atoms. The van der Waals surface area contributed by atoms with Crippen molar-refractivity contribution >= 4 is 15.9 Å². The molecule has 3 nitrogen and oxygen atoms in total. The van der Waals surface area contributed by atoms with Gasteiger partial charge in [0.25, 0.3) is 0 Å². The molecule has 1 aromatic rings. The smallest absolute Gasteiger partial charge is 0.110 e. The minimum absolute atomic E-state index is 0.367. The molecule has 2 atom stereocenters. The molecule has 0 bridgehead atoms. The Labute approximate surface area is 111 Å². The van der Waals surface area contributed by atoms with E-state index in [1.165, 1.54) is 0 Å². The highest BCUT2D eigenvalue weighted by Gasteiger charge is 2.44. The quantitative estimate of drug-likeness (QED) is 0.925. The lowest BCUT2D eigenvalue weighted by molar-refractivity contribution is -0.0129. The van der Waals surface area contributed by atoms with Crippen LogP contribution in [0.25, 0.3) is 0 Å². The minimum atomic E-state index is -0.681. The first kappa shape index (κ1) is 13.1. The molecule has 0 radical (unpaired) electrons. The van der Waals surface area contributed by atoms with E-state index in [1.54, 1.807) is 0 Å². The molecule has 96 valence electrons. The molecule has 1 aliphatic carbocycles. The summed E-state index contributed by atoms with van der Waals surface area (Å²) in [5, 5.41) is 15.4. The van der Waals surface area contributed by atoms with E-state index in [1.807, 2.05) is 10.9 Å². The lowest BCUT2D eigenvalue weighted by Crippen LogP contribution is -2.33. The molecule has 0 saturated heterocycles. The topological polar surface area (TPSA) is 38.0 Å². The molecule has 2 rings (SSSR count). The molecule has 0 aromatic carbocycles. The number of halogens is 1. The largest absolute Gasteiger partial charge is 0.383 e. The van der Waals surface area contributed by atoms with Gasteiger partial charge >= 0.3 is 0 Å². The van der Waals surface area contributed by atoms with Crippen molar-refractivity contribution in [3.63, 3.8) is 0 Å². The molecular formula is C13H21BrN2O. The molecular weight excluding hydrogens is 280 g/mol. The van der Waals surface area contributed by atoms with Crippen LogP contribution in [0.2, 0.25) is 0 Å². The lowest BCUT2D eigenvalue weighted by atomic mass is 9.85. The van der Waals surface area contributed by atoms with Gasteiger partial charge in [-0.25, -0.2) is 0 Å². The van der Waals surface area contributed by atoms with E-state index < -0.39 is 5.60 Å². The molecule has 0 spiro atoms. The minimum Gasteiger partial charge on any atom is -0.383 e. The highest BCUT2D eigenvalue weighted by Crippen LogP contribution is 2.47. The SMILES string of the molecule is CCCn1ncc(Br)c1C1(O)CCCC1CC. The van der Waals surface area contributed by atoms with Crippen LogP contribution in [0.5, 0.6) is 0 Å². The number of aliphatic hydroxyl groups is 1. The summed E-state index contributed by atoms with van der Waals surface area (Å²) in [5.41, 5.74) is 0.308. The van der Waals surface area contributed by atoms with Gasteiger partial charge in [0.05, 0.1) is 16.4 Å². The van der Waals surface area contributed by atoms with Gasteiger partial charge in [0, 0.05) is 6.54 Å². The second kappa shape index (κ2) is 5.11. The fourth-order valence-electron chi connectivity index (χ4n) is 3.09. The molecule has 1 fully saturated rings. The summed E-state index contributed by atoms with van der Waals surface area (Å²) in [6, 6.07) is 0. The first-order valence-corrected chi connectivity index (χ1v) is 7.37. The average Bonchev–Trinajstić information content (AvgIpc) is 2.84. The van der Waals surface area contributed by atoms with Gasteiger partial charge in [-0.05, 0) is 47.5 Å². The van der Waals surface area contributed by atoms with Crippen molar-refractivity contribution in [3.8, 4) is 0 Å². The second-order valence-corrected chi connectivity index (χ2v) is 5.84. The zero-order valence-electron chi connectivity index (χ0n) is 10.6. The highest BCUT2D eigenvalue weighted by molar-refractivity contribution is 9.10. The molecule has 1 saturated carbocycles. The Balaban J connectivity index is 2.40. The maximum absolute atomic E-state index is 11.0. The summed E-state index contributed by atoms with van der Waals surface area (Å²) in [4.78, 5) is 0. The van der Waals surface area contributed by atoms with Crippen LogP contribution in [-0.2, 0) is 12.1 Å². The third-order valence-corrected chi connectivity index (χ3v) is 4.50.